The van der Waals surface area contributed by atoms with Gasteiger partial charge < -0.3 is 14.5 Å². The van der Waals surface area contributed by atoms with Crippen molar-refractivity contribution in [2.24, 2.45) is 0 Å². The van der Waals surface area contributed by atoms with Crippen LogP contribution < -0.4 is 9.64 Å². The number of ether oxygens (including phenoxy) is 1. The maximum Gasteiger partial charge on any atom is 0.246 e. The Bertz CT molecular complexity index is 571. The molecular weight excluding hydrogens is 268 g/mol. The highest BCUT2D eigenvalue weighted by Gasteiger charge is 2.28. The van der Waals surface area contributed by atoms with E-state index in [0.29, 0.717) is 13.0 Å². The van der Waals surface area contributed by atoms with E-state index in [0.717, 1.165) is 42.8 Å². The summed E-state index contributed by atoms with van der Waals surface area (Å²) in [4.78, 5) is 27.7. The molecule has 0 bridgehead atoms. The summed E-state index contributed by atoms with van der Waals surface area (Å²) in [6, 6.07) is 5.82. The monoisotopic (exact) mass is 288 g/mol. The maximum absolute atomic E-state index is 12.5. The number of hydrogen-bond acceptors (Lipinski definition) is 3. The van der Waals surface area contributed by atoms with Crippen LogP contribution in [0.25, 0.3) is 0 Å². The van der Waals surface area contributed by atoms with Crippen LogP contribution in [-0.2, 0) is 16.0 Å². The van der Waals surface area contributed by atoms with Gasteiger partial charge in [0.2, 0.25) is 11.8 Å². The third-order valence-electron chi connectivity index (χ3n) is 4.20. The van der Waals surface area contributed by atoms with Gasteiger partial charge in [0.25, 0.3) is 0 Å². The van der Waals surface area contributed by atoms with E-state index >= 15 is 0 Å². The van der Waals surface area contributed by atoms with Crippen LogP contribution in [0.15, 0.2) is 18.2 Å². The second-order valence-electron chi connectivity index (χ2n) is 5.56. The van der Waals surface area contributed by atoms with Crippen LogP contribution in [0.1, 0.15) is 24.8 Å². The Labute approximate surface area is 124 Å². The number of anilines is 1. The van der Waals surface area contributed by atoms with Crippen molar-refractivity contribution in [1.29, 1.82) is 0 Å². The van der Waals surface area contributed by atoms with Gasteiger partial charge in [-0.1, -0.05) is 0 Å². The molecule has 3 rings (SSSR count). The van der Waals surface area contributed by atoms with E-state index in [2.05, 4.69) is 0 Å². The van der Waals surface area contributed by atoms with Gasteiger partial charge in [-0.25, -0.2) is 0 Å². The number of carbonyl (C=O) groups is 2. The Kier molecular flexibility index (Phi) is 3.82. The minimum atomic E-state index is 0.0105. The first-order valence-corrected chi connectivity index (χ1v) is 7.44. The molecule has 0 radical (unpaired) electrons. The fourth-order valence-electron chi connectivity index (χ4n) is 3.08. The van der Waals surface area contributed by atoms with Crippen molar-refractivity contribution in [3.8, 4) is 5.75 Å². The molecule has 112 valence electrons. The lowest BCUT2D eigenvalue weighted by atomic mass is 10.0. The maximum atomic E-state index is 12.5. The summed E-state index contributed by atoms with van der Waals surface area (Å²) in [5.41, 5.74) is 2.10. The number of methoxy groups -OCH3 is 1. The lowest BCUT2D eigenvalue weighted by Crippen LogP contribution is -2.43. The SMILES string of the molecule is COc1ccc2c(c1)CCCN2C(=O)CN1CCCC1=O. The minimum Gasteiger partial charge on any atom is -0.497 e. The number of aryl methyl sites for hydroxylation is 1. The molecule has 1 aromatic carbocycles. The second kappa shape index (κ2) is 5.76. The predicted octanol–water partition coefficient (Wildman–Crippen LogP) is 1.60. The zero-order valence-electron chi connectivity index (χ0n) is 12.3. The molecule has 0 aromatic heterocycles. The van der Waals surface area contributed by atoms with Crippen molar-refractivity contribution in [3.63, 3.8) is 0 Å². The van der Waals surface area contributed by atoms with Crippen LogP contribution in [0.3, 0.4) is 0 Å². The van der Waals surface area contributed by atoms with Gasteiger partial charge in [0, 0.05) is 25.2 Å². The summed E-state index contributed by atoms with van der Waals surface area (Å²) in [5, 5.41) is 0. The molecule has 0 unspecified atom stereocenters. The van der Waals surface area contributed by atoms with Crippen molar-refractivity contribution >= 4 is 17.5 Å². The number of hydrogen-bond donors (Lipinski definition) is 0. The molecule has 0 atom stereocenters. The van der Waals surface area contributed by atoms with Crippen LogP contribution in [0.4, 0.5) is 5.69 Å². The summed E-state index contributed by atoms with van der Waals surface area (Å²) in [7, 11) is 1.65. The molecule has 2 aliphatic heterocycles. The number of benzene rings is 1. The highest BCUT2D eigenvalue weighted by molar-refractivity contribution is 5.98. The van der Waals surface area contributed by atoms with Gasteiger partial charge in [-0.05, 0) is 43.0 Å². The summed E-state index contributed by atoms with van der Waals surface area (Å²) < 4.78 is 5.24. The van der Waals surface area contributed by atoms with Crippen molar-refractivity contribution in [2.45, 2.75) is 25.7 Å². The van der Waals surface area contributed by atoms with Gasteiger partial charge in [-0.3, -0.25) is 9.59 Å². The normalized spacial score (nSPS) is 17.9. The topological polar surface area (TPSA) is 49.9 Å². The molecule has 1 fully saturated rings. The first kappa shape index (κ1) is 13.9. The van der Waals surface area contributed by atoms with Gasteiger partial charge in [-0.15, -0.1) is 0 Å². The molecule has 2 amide bonds. The molecule has 5 nitrogen and oxygen atoms in total. The smallest absolute Gasteiger partial charge is 0.246 e. The van der Waals surface area contributed by atoms with Crippen molar-refractivity contribution < 1.29 is 14.3 Å². The third kappa shape index (κ3) is 2.73. The quantitative estimate of drug-likeness (QED) is 0.849. The minimum absolute atomic E-state index is 0.0105. The highest BCUT2D eigenvalue weighted by Crippen LogP contribution is 2.30. The Morgan fingerprint density at radius 1 is 1.24 bits per heavy atom. The molecule has 2 heterocycles. The molecule has 0 spiro atoms. The van der Waals surface area contributed by atoms with Crippen molar-refractivity contribution in [2.75, 3.05) is 31.6 Å². The molecular formula is C16H20N2O3. The van der Waals surface area contributed by atoms with E-state index in [4.69, 9.17) is 4.74 Å². The van der Waals surface area contributed by atoms with E-state index < -0.39 is 0 Å². The fourth-order valence-corrected chi connectivity index (χ4v) is 3.08. The summed E-state index contributed by atoms with van der Waals surface area (Å²) in [5.74, 6) is 0.921. The van der Waals surface area contributed by atoms with Gasteiger partial charge in [0.1, 0.15) is 12.3 Å². The molecule has 1 saturated heterocycles. The van der Waals surface area contributed by atoms with E-state index in [1.54, 1.807) is 12.0 Å². The lowest BCUT2D eigenvalue weighted by molar-refractivity contribution is -0.132. The Hall–Kier alpha value is -2.04. The average molecular weight is 288 g/mol. The lowest BCUT2D eigenvalue weighted by Gasteiger charge is -2.31. The van der Waals surface area contributed by atoms with Crippen molar-refractivity contribution in [1.82, 2.24) is 4.90 Å². The zero-order valence-corrected chi connectivity index (χ0v) is 12.3. The van der Waals surface area contributed by atoms with Crippen molar-refractivity contribution in [3.05, 3.63) is 23.8 Å². The zero-order chi connectivity index (χ0) is 14.8. The molecule has 0 N–H and O–H groups in total. The second-order valence-corrected chi connectivity index (χ2v) is 5.56. The van der Waals surface area contributed by atoms with E-state index in [9.17, 15) is 9.59 Å². The summed E-state index contributed by atoms with van der Waals surface area (Å²) in [6.07, 6.45) is 3.33. The van der Waals surface area contributed by atoms with Gasteiger partial charge >= 0.3 is 0 Å². The fraction of sp³-hybridized carbons (Fsp3) is 0.500. The highest BCUT2D eigenvalue weighted by atomic mass is 16.5. The van der Waals surface area contributed by atoms with Gasteiger partial charge in [0.15, 0.2) is 0 Å². The van der Waals surface area contributed by atoms with E-state index in [1.807, 2.05) is 23.1 Å². The van der Waals surface area contributed by atoms with Crippen LogP contribution in [0.2, 0.25) is 0 Å². The Balaban J connectivity index is 1.77. The molecule has 2 aliphatic rings. The molecule has 1 aromatic rings. The largest absolute Gasteiger partial charge is 0.497 e. The number of amides is 2. The van der Waals surface area contributed by atoms with Crippen LogP contribution in [0.5, 0.6) is 5.75 Å². The molecule has 0 aliphatic carbocycles. The average Bonchev–Trinajstić information content (AvgIpc) is 2.91. The van der Waals surface area contributed by atoms with E-state index in [-0.39, 0.29) is 18.4 Å². The Morgan fingerprint density at radius 2 is 2.05 bits per heavy atom. The molecule has 5 heteroatoms. The number of likely N-dealkylation sites (tertiary alicyclic amines) is 1. The van der Waals surface area contributed by atoms with Gasteiger partial charge in [-0.2, -0.15) is 0 Å². The standard InChI is InChI=1S/C16H20N2O3/c1-21-13-6-7-14-12(10-13)4-2-9-18(14)16(20)11-17-8-3-5-15(17)19/h6-7,10H,2-5,8-9,11H2,1H3. The predicted molar refractivity (Wildman–Crippen MR) is 79.5 cm³/mol. The number of nitrogens with zero attached hydrogens (tertiary/aromatic N) is 2. The molecule has 21 heavy (non-hydrogen) atoms. The van der Waals surface area contributed by atoms with Gasteiger partial charge in [0.05, 0.1) is 7.11 Å². The van der Waals surface area contributed by atoms with E-state index in [1.165, 1.54) is 0 Å². The first-order valence-electron chi connectivity index (χ1n) is 7.44. The third-order valence-corrected chi connectivity index (χ3v) is 4.20. The van der Waals surface area contributed by atoms with Crippen LogP contribution >= 0.6 is 0 Å². The summed E-state index contributed by atoms with van der Waals surface area (Å²) in [6.45, 7) is 1.62. The number of rotatable bonds is 3. The molecule has 0 saturated carbocycles. The van der Waals surface area contributed by atoms with Crippen LogP contribution in [0, 0.1) is 0 Å². The Morgan fingerprint density at radius 3 is 2.76 bits per heavy atom. The summed E-state index contributed by atoms with van der Waals surface area (Å²) >= 11 is 0. The first-order chi connectivity index (χ1) is 10.2. The number of fused-ring (bicyclic) bond motifs is 1. The number of carbonyl (C=O) groups excluding carboxylic acids is 2. The van der Waals surface area contributed by atoms with Crippen LogP contribution in [-0.4, -0.2) is 43.5 Å².